The molecule has 0 fully saturated rings. The first-order valence-electron chi connectivity index (χ1n) is 11.6. The van der Waals surface area contributed by atoms with E-state index in [9.17, 15) is 0 Å². The first-order valence-corrected chi connectivity index (χ1v) is 12.4. The van der Waals surface area contributed by atoms with E-state index in [1.165, 1.54) is 0 Å². The van der Waals surface area contributed by atoms with Gasteiger partial charge in [-0.15, -0.1) is 0 Å². The predicted octanol–water partition coefficient (Wildman–Crippen LogP) is 8.23. The number of fused-ring (bicyclic) bond motifs is 3. The van der Waals surface area contributed by atoms with Crippen molar-refractivity contribution < 1.29 is 9.47 Å². The average molecular weight is 526 g/mol. The van der Waals surface area contributed by atoms with Gasteiger partial charge < -0.3 is 9.47 Å². The minimum atomic E-state index is 0.432. The number of pyridine rings is 1. The Morgan fingerprint density at radius 3 is 2.03 bits per heavy atom. The number of aromatic nitrogens is 3. The highest BCUT2D eigenvalue weighted by atomic mass is 35.5. The van der Waals surface area contributed by atoms with Gasteiger partial charge in [-0.2, -0.15) is 5.10 Å². The summed E-state index contributed by atoms with van der Waals surface area (Å²) >= 11 is 13.1. The second kappa shape index (κ2) is 9.43. The Morgan fingerprint density at radius 2 is 1.35 bits per heavy atom. The van der Waals surface area contributed by atoms with Crippen LogP contribution in [0.5, 0.6) is 11.5 Å². The molecule has 37 heavy (non-hydrogen) atoms. The van der Waals surface area contributed by atoms with E-state index < -0.39 is 0 Å². The van der Waals surface area contributed by atoms with Crippen molar-refractivity contribution in [3.05, 3.63) is 101 Å². The molecule has 2 heterocycles. The molecule has 0 aliphatic carbocycles. The third-order valence-electron chi connectivity index (χ3n) is 6.38. The van der Waals surface area contributed by atoms with Crippen LogP contribution in [0.1, 0.15) is 0 Å². The summed E-state index contributed by atoms with van der Waals surface area (Å²) in [6.07, 6.45) is 0. The Bertz CT molecular complexity index is 1770. The molecular weight excluding hydrogens is 505 g/mol. The van der Waals surface area contributed by atoms with Crippen LogP contribution in [0.25, 0.3) is 50.0 Å². The zero-order valence-electron chi connectivity index (χ0n) is 20.1. The molecule has 0 spiro atoms. The highest BCUT2D eigenvalue weighted by Crippen LogP contribution is 2.44. The van der Waals surface area contributed by atoms with Gasteiger partial charge in [-0.25, -0.2) is 9.67 Å². The lowest BCUT2D eigenvalue weighted by Crippen LogP contribution is -1.99. The standard InChI is InChI=1S/C30H21Cl2N3O2/c1-36-24-16-21-22(17-25(24)37-2)29(20-14-9-15-23(31)27(20)32)33-30-26(21)28(18-10-5-3-6-11-18)34-35(30)19-12-7-4-8-13-19/h3-17H,1-2H3. The highest BCUT2D eigenvalue weighted by Gasteiger charge is 2.23. The fourth-order valence-corrected chi connectivity index (χ4v) is 5.04. The quantitative estimate of drug-likeness (QED) is 0.227. The van der Waals surface area contributed by atoms with Gasteiger partial charge in [-0.05, 0) is 30.3 Å². The van der Waals surface area contributed by atoms with E-state index in [0.717, 1.165) is 38.7 Å². The molecule has 182 valence electrons. The minimum absolute atomic E-state index is 0.432. The Kier molecular flexibility index (Phi) is 5.95. The summed E-state index contributed by atoms with van der Waals surface area (Å²) in [5.41, 5.74) is 4.77. The van der Waals surface area contributed by atoms with Crippen LogP contribution >= 0.6 is 23.2 Å². The summed E-state index contributed by atoms with van der Waals surface area (Å²) in [6.45, 7) is 0. The molecule has 0 amide bonds. The molecule has 2 aromatic heterocycles. The van der Waals surface area contributed by atoms with Gasteiger partial charge in [0.15, 0.2) is 17.1 Å². The smallest absolute Gasteiger partial charge is 0.164 e. The minimum Gasteiger partial charge on any atom is -0.493 e. The van der Waals surface area contributed by atoms with Crippen molar-refractivity contribution in [2.24, 2.45) is 0 Å². The number of benzene rings is 4. The van der Waals surface area contributed by atoms with Gasteiger partial charge in [0.05, 0.1) is 41.0 Å². The summed E-state index contributed by atoms with van der Waals surface area (Å²) in [5, 5.41) is 8.62. The zero-order valence-corrected chi connectivity index (χ0v) is 21.6. The SMILES string of the molecule is COc1cc2c(-c3cccc(Cl)c3Cl)nc3c(c(-c4ccccc4)nn3-c3ccccc3)c2cc1OC. The van der Waals surface area contributed by atoms with Crippen LogP contribution in [0, 0.1) is 0 Å². The van der Waals surface area contributed by atoms with Crippen LogP contribution in [0.3, 0.4) is 0 Å². The fourth-order valence-electron chi connectivity index (χ4n) is 4.65. The Hall–Kier alpha value is -4.06. The van der Waals surface area contributed by atoms with E-state index in [2.05, 4.69) is 0 Å². The van der Waals surface area contributed by atoms with Gasteiger partial charge in [0.2, 0.25) is 0 Å². The maximum absolute atomic E-state index is 6.72. The number of nitrogens with zero attached hydrogens (tertiary/aromatic N) is 3. The third-order valence-corrected chi connectivity index (χ3v) is 7.20. The van der Waals surface area contributed by atoms with Crippen LogP contribution in [0.2, 0.25) is 10.0 Å². The lowest BCUT2D eigenvalue weighted by molar-refractivity contribution is 0.356. The zero-order chi connectivity index (χ0) is 25.5. The van der Waals surface area contributed by atoms with E-state index >= 15 is 0 Å². The fraction of sp³-hybridized carbons (Fsp3) is 0.0667. The second-order valence-electron chi connectivity index (χ2n) is 8.48. The highest BCUT2D eigenvalue weighted by molar-refractivity contribution is 6.44. The van der Waals surface area contributed by atoms with E-state index in [4.69, 9.17) is 42.8 Å². The van der Waals surface area contributed by atoms with Crippen molar-refractivity contribution in [2.75, 3.05) is 14.2 Å². The number of rotatable bonds is 5. The van der Waals surface area contributed by atoms with Gasteiger partial charge in [-0.1, -0.05) is 83.9 Å². The molecule has 4 aromatic carbocycles. The molecule has 0 bridgehead atoms. The molecular formula is C30H21Cl2N3O2. The first kappa shape index (κ1) is 23.3. The molecule has 5 nitrogen and oxygen atoms in total. The summed E-state index contributed by atoms with van der Waals surface area (Å²) < 4.78 is 13.2. The maximum atomic E-state index is 6.72. The summed E-state index contributed by atoms with van der Waals surface area (Å²) in [4.78, 5) is 5.19. The van der Waals surface area contributed by atoms with E-state index in [1.54, 1.807) is 20.3 Å². The van der Waals surface area contributed by atoms with Crippen LogP contribution in [0.15, 0.2) is 91.0 Å². The second-order valence-corrected chi connectivity index (χ2v) is 9.26. The number of hydrogen-bond donors (Lipinski definition) is 0. The lowest BCUT2D eigenvalue weighted by atomic mass is 9.98. The van der Waals surface area contributed by atoms with Gasteiger partial charge in [-0.3, -0.25) is 0 Å². The molecule has 0 radical (unpaired) electrons. The molecule has 6 rings (SSSR count). The van der Waals surface area contributed by atoms with E-state index in [0.29, 0.717) is 32.9 Å². The predicted molar refractivity (Wildman–Crippen MR) is 150 cm³/mol. The third kappa shape index (κ3) is 3.88. The molecule has 7 heteroatoms. The van der Waals surface area contributed by atoms with Gasteiger partial charge in [0, 0.05) is 21.9 Å². The molecule has 0 aliphatic heterocycles. The molecule has 0 saturated carbocycles. The normalized spacial score (nSPS) is 11.2. The van der Waals surface area contributed by atoms with Gasteiger partial charge in [0.1, 0.15) is 5.69 Å². The Balaban J connectivity index is 1.84. The van der Waals surface area contributed by atoms with Crippen molar-refractivity contribution in [1.29, 1.82) is 0 Å². The van der Waals surface area contributed by atoms with Crippen molar-refractivity contribution in [2.45, 2.75) is 0 Å². The maximum Gasteiger partial charge on any atom is 0.164 e. The summed E-state index contributed by atoms with van der Waals surface area (Å²) in [5.74, 6) is 1.20. The average Bonchev–Trinajstić information content (AvgIpc) is 3.34. The van der Waals surface area contributed by atoms with E-state index in [1.807, 2.05) is 89.6 Å². The molecule has 6 aromatic rings. The van der Waals surface area contributed by atoms with Crippen molar-refractivity contribution in [3.8, 4) is 39.7 Å². The molecule has 0 saturated heterocycles. The number of halogens is 2. The number of methoxy groups -OCH3 is 2. The van der Waals surface area contributed by atoms with Crippen LogP contribution in [0.4, 0.5) is 0 Å². The van der Waals surface area contributed by atoms with Crippen LogP contribution in [-0.4, -0.2) is 29.0 Å². The number of hydrogen-bond acceptors (Lipinski definition) is 4. The van der Waals surface area contributed by atoms with Crippen molar-refractivity contribution >= 4 is 45.0 Å². The van der Waals surface area contributed by atoms with Crippen LogP contribution < -0.4 is 9.47 Å². The van der Waals surface area contributed by atoms with Crippen molar-refractivity contribution in [3.63, 3.8) is 0 Å². The largest absolute Gasteiger partial charge is 0.493 e. The summed E-state index contributed by atoms with van der Waals surface area (Å²) in [6, 6.07) is 29.5. The van der Waals surface area contributed by atoms with Gasteiger partial charge in [0.25, 0.3) is 0 Å². The molecule has 0 unspecified atom stereocenters. The number of ether oxygens (including phenoxy) is 2. The Morgan fingerprint density at radius 1 is 0.703 bits per heavy atom. The Labute approximate surface area is 223 Å². The van der Waals surface area contributed by atoms with Crippen LogP contribution in [-0.2, 0) is 0 Å². The molecule has 0 N–H and O–H groups in total. The molecule has 0 atom stereocenters. The van der Waals surface area contributed by atoms with E-state index in [-0.39, 0.29) is 0 Å². The lowest BCUT2D eigenvalue weighted by Gasteiger charge is -2.15. The summed E-state index contributed by atoms with van der Waals surface area (Å²) in [7, 11) is 3.24. The molecule has 0 aliphatic rings. The van der Waals surface area contributed by atoms with Gasteiger partial charge >= 0.3 is 0 Å². The first-order chi connectivity index (χ1) is 18.1. The monoisotopic (exact) mass is 525 g/mol. The number of para-hydroxylation sites is 1. The van der Waals surface area contributed by atoms with Crippen molar-refractivity contribution in [1.82, 2.24) is 14.8 Å². The topological polar surface area (TPSA) is 49.2 Å².